The highest BCUT2D eigenvalue weighted by Gasteiger charge is 2.26. The summed E-state index contributed by atoms with van der Waals surface area (Å²) < 4.78 is 5.53. The molecule has 2 aromatic rings. The van der Waals surface area contributed by atoms with Crippen molar-refractivity contribution in [3.63, 3.8) is 0 Å². The van der Waals surface area contributed by atoms with Gasteiger partial charge in [-0.25, -0.2) is 0 Å². The van der Waals surface area contributed by atoms with E-state index in [1.165, 1.54) is 11.1 Å². The third-order valence-electron chi connectivity index (χ3n) is 4.48. The van der Waals surface area contributed by atoms with E-state index in [-0.39, 0.29) is 18.4 Å². The molecule has 3 rings (SSSR count). The van der Waals surface area contributed by atoms with Gasteiger partial charge in [0.15, 0.2) is 0 Å². The number of piperazine rings is 1. The predicted molar refractivity (Wildman–Crippen MR) is 101 cm³/mol. The molecule has 6 heteroatoms. The van der Waals surface area contributed by atoms with Gasteiger partial charge < -0.3 is 15.8 Å². The minimum Gasteiger partial charge on any atom is -0.496 e. The van der Waals surface area contributed by atoms with E-state index < -0.39 is 5.91 Å². The number of benzene rings is 2. The average Bonchev–Trinajstić information content (AvgIpc) is 2.62. The van der Waals surface area contributed by atoms with Gasteiger partial charge in [-0.15, -0.1) is 12.4 Å². The van der Waals surface area contributed by atoms with Gasteiger partial charge in [0.05, 0.1) is 13.2 Å². The monoisotopic (exact) mass is 361 g/mol. The maximum atomic E-state index is 11.2. The Morgan fingerprint density at radius 1 is 1.24 bits per heavy atom. The zero-order valence-corrected chi connectivity index (χ0v) is 15.1. The molecule has 0 radical (unpaired) electrons. The number of methoxy groups -OCH3 is 1. The highest BCUT2D eigenvalue weighted by Crippen LogP contribution is 2.31. The highest BCUT2D eigenvalue weighted by atomic mass is 35.5. The lowest BCUT2D eigenvalue weighted by Crippen LogP contribution is -2.45. The summed E-state index contributed by atoms with van der Waals surface area (Å²) in [7, 11) is 1.71. The SMILES string of the molecule is COc1ccccc1C1CNCCN1Cc1ccc(C(N)=O)cc1.Cl. The Balaban J connectivity index is 0.00000225. The fourth-order valence-electron chi connectivity index (χ4n) is 3.19. The largest absolute Gasteiger partial charge is 0.496 e. The maximum absolute atomic E-state index is 11.2. The Labute approximate surface area is 154 Å². The maximum Gasteiger partial charge on any atom is 0.248 e. The first kappa shape index (κ1) is 19.2. The van der Waals surface area contributed by atoms with E-state index in [0.717, 1.165) is 31.9 Å². The number of nitrogens with one attached hydrogen (secondary N) is 1. The lowest BCUT2D eigenvalue weighted by Gasteiger charge is -2.37. The first-order chi connectivity index (χ1) is 11.7. The van der Waals surface area contributed by atoms with E-state index >= 15 is 0 Å². The predicted octanol–water partition coefficient (Wildman–Crippen LogP) is 2.36. The lowest BCUT2D eigenvalue weighted by atomic mass is 10.0. The van der Waals surface area contributed by atoms with E-state index in [1.807, 2.05) is 30.3 Å². The molecule has 0 aromatic heterocycles. The molecule has 134 valence electrons. The lowest BCUT2D eigenvalue weighted by molar-refractivity contribution is 0.1000. The van der Waals surface area contributed by atoms with Gasteiger partial charge >= 0.3 is 0 Å². The fourth-order valence-corrected chi connectivity index (χ4v) is 3.19. The molecular formula is C19H24ClN3O2. The second kappa shape index (κ2) is 8.85. The Hall–Kier alpha value is -2.08. The normalized spacial score (nSPS) is 17.6. The van der Waals surface area contributed by atoms with E-state index in [4.69, 9.17) is 10.5 Å². The first-order valence-electron chi connectivity index (χ1n) is 8.15. The number of nitrogens with two attached hydrogens (primary N) is 1. The molecule has 2 aromatic carbocycles. The van der Waals surface area contributed by atoms with Crippen LogP contribution in [0.5, 0.6) is 5.75 Å². The Bertz CT molecular complexity index is 706. The molecule has 0 bridgehead atoms. The van der Waals surface area contributed by atoms with E-state index in [2.05, 4.69) is 16.3 Å². The van der Waals surface area contributed by atoms with Crippen LogP contribution in [0.2, 0.25) is 0 Å². The number of para-hydroxylation sites is 1. The molecule has 0 spiro atoms. The molecule has 0 saturated carbocycles. The number of hydrogen-bond donors (Lipinski definition) is 2. The van der Waals surface area contributed by atoms with Crippen molar-refractivity contribution in [2.75, 3.05) is 26.7 Å². The van der Waals surface area contributed by atoms with Gasteiger partial charge in [-0.2, -0.15) is 0 Å². The molecule has 1 unspecified atom stereocenters. The molecule has 1 heterocycles. The van der Waals surface area contributed by atoms with Crippen LogP contribution in [0.1, 0.15) is 27.5 Å². The molecule has 25 heavy (non-hydrogen) atoms. The number of primary amides is 1. The van der Waals surface area contributed by atoms with Crippen molar-refractivity contribution in [2.45, 2.75) is 12.6 Å². The summed E-state index contributed by atoms with van der Waals surface area (Å²) in [6.07, 6.45) is 0. The van der Waals surface area contributed by atoms with Gasteiger partial charge in [-0.05, 0) is 23.8 Å². The molecule has 5 nitrogen and oxygen atoms in total. The summed E-state index contributed by atoms with van der Waals surface area (Å²) in [5.74, 6) is 0.524. The van der Waals surface area contributed by atoms with Gasteiger partial charge in [0, 0.05) is 37.3 Å². The number of halogens is 1. The van der Waals surface area contributed by atoms with Crippen LogP contribution in [-0.4, -0.2) is 37.6 Å². The van der Waals surface area contributed by atoms with E-state index in [1.54, 1.807) is 19.2 Å². The number of nitrogens with zero attached hydrogens (tertiary/aromatic N) is 1. The number of carbonyl (C=O) groups excluding carboxylic acids is 1. The molecule has 1 aliphatic rings. The molecule has 1 amide bonds. The van der Waals surface area contributed by atoms with E-state index in [9.17, 15) is 4.79 Å². The summed E-state index contributed by atoms with van der Waals surface area (Å²) in [5.41, 5.74) is 8.21. The van der Waals surface area contributed by atoms with Crippen molar-refractivity contribution >= 4 is 18.3 Å². The number of hydrogen-bond acceptors (Lipinski definition) is 4. The molecule has 1 aliphatic heterocycles. The topological polar surface area (TPSA) is 67.6 Å². The standard InChI is InChI=1S/C19H23N3O2.ClH/c1-24-18-5-3-2-4-16(18)17-12-21-10-11-22(17)13-14-6-8-15(9-7-14)19(20)23;/h2-9,17,21H,10-13H2,1H3,(H2,20,23);1H. The minimum atomic E-state index is -0.393. The number of amides is 1. The molecule has 1 saturated heterocycles. The zero-order chi connectivity index (χ0) is 16.9. The van der Waals surface area contributed by atoms with Crippen molar-refractivity contribution in [2.24, 2.45) is 5.73 Å². The first-order valence-corrected chi connectivity index (χ1v) is 8.15. The van der Waals surface area contributed by atoms with Gasteiger partial charge in [0.2, 0.25) is 5.91 Å². The van der Waals surface area contributed by atoms with Crippen LogP contribution in [0.3, 0.4) is 0 Å². The summed E-state index contributed by atoms with van der Waals surface area (Å²) in [5, 5.41) is 3.47. The Morgan fingerprint density at radius 3 is 2.64 bits per heavy atom. The smallest absolute Gasteiger partial charge is 0.248 e. The highest BCUT2D eigenvalue weighted by molar-refractivity contribution is 5.92. The van der Waals surface area contributed by atoms with Gasteiger partial charge in [0.25, 0.3) is 0 Å². The van der Waals surface area contributed by atoms with Crippen LogP contribution in [0, 0.1) is 0 Å². The van der Waals surface area contributed by atoms with Gasteiger partial charge in [-0.3, -0.25) is 9.69 Å². The molecule has 1 atom stereocenters. The summed E-state index contributed by atoms with van der Waals surface area (Å²) in [4.78, 5) is 13.6. The van der Waals surface area contributed by atoms with Crippen molar-refractivity contribution in [3.05, 3.63) is 65.2 Å². The minimum absolute atomic E-state index is 0. The number of ether oxygens (including phenoxy) is 1. The molecule has 3 N–H and O–H groups in total. The zero-order valence-electron chi connectivity index (χ0n) is 14.3. The van der Waals surface area contributed by atoms with Crippen LogP contribution in [0.15, 0.2) is 48.5 Å². The van der Waals surface area contributed by atoms with Crippen molar-refractivity contribution in [3.8, 4) is 5.75 Å². The fraction of sp³-hybridized carbons (Fsp3) is 0.316. The van der Waals surface area contributed by atoms with Crippen LogP contribution in [0.4, 0.5) is 0 Å². The van der Waals surface area contributed by atoms with Gasteiger partial charge in [0.1, 0.15) is 5.75 Å². The van der Waals surface area contributed by atoms with Crippen LogP contribution in [-0.2, 0) is 6.54 Å². The van der Waals surface area contributed by atoms with Crippen LogP contribution < -0.4 is 15.8 Å². The third-order valence-corrected chi connectivity index (χ3v) is 4.48. The summed E-state index contributed by atoms with van der Waals surface area (Å²) >= 11 is 0. The second-order valence-electron chi connectivity index (χ2n) is 5.99. The second-order valence-corrected chi connectivity index (χ2v) is 5.99. The Kier molecular flexibility index (Phi) is 6.82. The van der Waals surface area contributed by atoms with Gasteiger partial charge in [-0.1, -0.05) is 30.3 Å². The molecule has 0 aliphatic carbocycles. The van der Waals surface area contributed by atoms with Crippen LogP contribution >= 0.6 is 12.4 Å². The molecular weight excluding hydrogens is 338 g/mol. The third kappa shape index (κ3) is 4.51. The van der Waals surface area contributed by atoms with Crippen molar-refractivity contribution < 1.29 is 9.53 Å². The van der Waals surface area contributed by atoms with Crippen LogP contribution in [0.25, 0.3) is 0 Å². The summed E-state index contributed by atoms with van der Waals surface area (Å²) in [6, 6.07) is 15.9. The summed E-state index contributed by atoms with van der Waals surface area (Å²) in [6.45, 7) is 3.63. The number of carbonyl (C=O) groups is 1. The van der Waals surface area contributed by atoms with E-state index in [0.29, 0.717) is 5.56 Å². The molecule has 1 fully saturated rings. The van der Waals surface area contributed by atoms with Crippen molar-refractivity contribution in [1.29, 1.82) is 0 Å². The Morgan fingerprint density at radius 2 is 1.96 bits per heavy atom. The average molecular weight is 362 g/mol. The number of rotatable bonds is 5. The quantitative estimate of drug-likeness (QED) is 0.858. The van der Waals surface area contributed by atoms with Crippen molar-refractivity contribution in [1.82, 2.24) is 10.2 Å².